The fourth-order valence-corrected chi connectivity index (χ4v) is 1.57. The molecule has 16 heavy (non-hydrogen) atoms. The molecule has 2 N–H and O–H groups in total. The third kappa shape index (κ3) is 3.03. The lowest BCUT2D eigenvalue weighted by Gasteiger charge is -2.10. The zero-order chi connectivity index (χ0) is 12.1. The largest absolute Gasteiger partial charge is 0.359 e. The third-order valence-electron chi connectivity index (χ3n) is 2.63. The van der Waals surface area contributed by atoms with E-state index in [1.54, 1.807) is 7.05 Å². The predicted molar refractivity (Wildman–Crippen MR) is 57.5 cm³/mol. The van der Waals surface area contributed by atoms with E-state index >= 15 is 0 Å². The van der Waals surface area contributed by atoms with Crippen molar-refractivity contribution in [2.24, 2.45) is 0 Å². The van der Waals surface area contributed by atoms with Crippen molar-refractivity contribution in [1.29, 1.82) is 0 Å². The summed E-state index contributed by atoms with van der Waals surface area (Å²) in [5.41, 5.74) is 0. The summed E-state index contributed by atoms with van der Waals surface area (Å²) in [6, 6.07) is -0.415. The maximum Gasteiger partial charge on any atom is 0.246 e. The molecular weight excluding hydrogens is 210 g/mol. The molecule has 1 saturated heterocycles. The number of rotatable bonds is 5. The second-order valence-electron chi connectivity index (χ2n) is 3.78. The van der Waals surface area contributed by atoms with Crippen LogP contribution in [0.1, 0.15) is 19.3 Å². The molecule has 90 valence electrons. The number of nitrogens with one attached hydrogen (secondary N) is 2. The van der Waals surface area contributed by atoms with Gasteiger partial charge in [0.05, 0.1) is 12.5 Å². The fourth-order valence-electron chi connectivity index (χ4n) is 1.57. The van der Waals surface area contributed by atoms with E-state index in [2.05, 4.69) is 10.6 Å². The summed E-state index contributed by atoms with van der Waals surface area (Å²) in [6.45, 7) is 0.560. The Balaban J connectivity index is 2.22. The molecule has 0 radical (unpaired) electrons. The van der Waals surface area contributed by atoms with E-state index in [1.807, 2.05) is 0 Å². The third-order valence-corrected chi connectivity index (χ3v) is 2.63. The second-order valence-corrected chi connectivity index (χ2v) is 3.78. The maximum absolute atomic E-state index is 11.5. The quantitative estimate of drug-likeness (QED) is 0.459. The van der Waals surface area contributed by atoms with Crippen LogP contribution in [0.2, 0.25) is 0 Å². The van der Waals surface area contributed by atoms with Gasteiger partial charge in [-0.05, 0) is 13.0 Å². The van der Waals surface area contributed by atoms with Gasteiger partial charge in [-0.1, -0.05) is 0 Å². The van der Waals surface area contributed by atoms with Crippen LogP contribution in [0.15, 0.2) is 0 Å². The molecule has 1 atom stereocenters. The van der Waals surface area contributed by atoms with Crippen molar-refractivity contribution >= 4 is 17.7 Å². The van der Waals surface area contributed by atoms with Crippen LogP contribution >= 0.6 is 0 Å². The van der Waals surface area contributed by atoms with Crippen molar-refractivity contribution < 1.29 is 14.4 Å². The number of carbonyl (C=O) groups is 3. The number of hydrogen-bond acceptors (Lipinski definition) is 4. The van der Waals surface area contributed by atoms with Gasteiger partial charge >= 0.3 is 0 Å². The minimum atomic E-state index is -0.415. The fraction of sp³-hybridized carbons (Fsp3) is 0.700. The minimum absolute atomic E-state index is 0.0206. The first-order chi connectivity index (χ1) is 7.56. The van der Waals surface area contributed by atoms with Crippen LogP contribution < -0.4 is 10.6 Å². The molecule has 0 bridgehead atoms. The minimum Gasteiger partial charge on any atom is -0.359 e. The molecule has 1 unspecified atom stereocenters. The summed E-state index contributed by atoms with van der Waals surface area (Å²) >= 11 is 0. The van der Waals surface area contributed by atoms with Gasteiger partial charge in [0.15, 0.2) is 0 Å². The summed E-state index contributed by atoms with van der Waals surface area (Å²) in [7, 11) is 3.07. The average Bonchev–Trinajstić information content (AvgIpc) is 2.52. The van der Waals surface area contributed by atoms with Gasteiger partial charge in [0.25, 0.3) is 0 Å². The molecule has 1 aliphatic rings. The summed E-state index contributed by atoms with van der Waals surface area (Å²) in [5.74, 6) is -0.369. The Labute approximate surface area is 94.4 Å². The Kier molecular flexibility index (Phi) is 4.42. The van der Waals surface area contributed by atoms with E-state index in [4.69, 9.17) is 0 Å². The van der Waals surface area contributed by atoms with Gasteiger partial charge in [-0.3, -0.25) is 19.3 Å². The van der Waals surface area contributed by atoms with Gasteiger partial charge in [0.2, 0.25) is 17.7 Å². The number of nitrogens with zero attached hydrogens (tertiary/aromatic N) is 1. The first kappa shape index (κ1) is 12.6. The molecule has 1 rings (SSSR count). The Hall–Kier alpha value is -1.43. The van der Waals surface area contributed by atoms with Crippen molar-refractivity contribution in [2.75, 3.05) is 20.6 Å². The molecule has 6 heteroatoms. The monoisotopic (exact) mass is 227 g/mol. The van der Waals surface area contributed by atoms with Crippen LogP contribution in [-0.4, -0.2) is 49.3 Å². The number of amides is 3. The summed E-state index contributed by atoms with van der Waals surface area (Å²) in [6.07, 6.45) is 1.30. The lowest BCUT2D eigenvalue weighted by Crippen LogP contribution is -2.37. The van der Waals surface area contributed by atoms with Gasteiger partial charge < -0.3 is 10.6 Å². The Bertz CT molecular complexity index is 304. The molecule has 1 aliphatic heterocycles. The highest BCUT2D eigenvalue weighted by Gasteiger charge is 2.35. The summed E-state index contributed by atoms with van der Waals surface area (Å²) < 4.78 is 0. The van der Waals surface area contributed by atoms with Gasteiger partial charge in [0, 0.05) is 20.5 Å². The highest BCUT2D eigenvalue weighted by Crippen LogP contribution is 2.10. The zero-order valence-electron chi connectivity index (χ0n) is 9.58. The second kappa shape index (κ2) is 5.60. The van der Waals surface area contributed by atoms with Crippen LogP contribution in [0.25, 0.3) is 0 Å². The molecule has 0 aliphatic carbocycles. The van der Waals surface area contributed by atoms with Crippen molar-refractivity contribution in [1.82, 2.24) is 15.5 Å². The zero-order valence-corrected chi connectivity index (χ0v) is 9.58. The molecule has 6 nitrogen and oxygen atoms in total. The Morgan fingerprint density at radius 2 is 2.19 bits per heavy atom. The van der Waals surface area contributed by atoms with E-state index < -0.39 is 6.04 Å². The molecule has 1 heterocycles. The van der Waals surface area contributed by atoms with Crippen molar-refractivity contribution in [3.63, 3.8) is 0 Å². The van der Waals surface area contributed by atoms with Gasteiger partial charge in [0.1, 0.15) is 0 Å². The van der Waals surface area contributed by atoms with Gasteiger partial charge in [-0.15, -0.1) is 0 Å². The molecule has 3 amide bonds. The summed E-state index contributed by atoms with van der Waals surface area (Å²) in [5, 5.41) is 5.50. The van der Waals surface area contributed by atoms with Crippen molar-refractivity contribution in [3.8, 4) is 0 Å². The van der Waals surface area contributed by atoms with E-state index in [1.165, 1.54) is 7.05 Å². The molecule has 0 aromatic heterocycles. The van der Waals surface area contributed by atoms with Crippen LogP contribution in [0.4, 0.5) is 0 Å². The normalized spacial score (nSPS) is 20.4. The molecule has 0 aromatic rings. The number of imide groups is 1. The van der Waals surface area contributed by atoms with Crippen LogP contribution in [0.5, 0.6) is 0 Å². The van der Waals surface area contributed by atoms with Crippen molar-refractivity contribution in [2.45, 2.75) is 25.3 Å². The van der Waals surface area contributed by atoms with E-state index in [-0.39, 0.29) is 24.1 Å². The number of likely N-dealkylation sites (tertiary alicyclic amines) is 1. The standard InChI is InChI=1S/C10H17N3O3/c1-11-8(14)4-3-5-12-7-6-9(15)13(2)10(7)16/h7,12H,3-6H2,1-2H3,(H,11,14). The number of carbonyl (C=O) groups excluding carboxylic acids is 3. The Morgan fingerprint density at radius 1 is 1.50 bits per heavy atom. The molecule has 0 aromatic carbocycles. The van der Waals surface area contributed by atoms with Gasteiger partial charge in [-0.25, -0.2) is 0 Å². The van der Waals surface area contributed by atoms with E-state index in [9.17, 15) is 14.4 Å². The first-order valence-corrected chi connectivity index (χ1v) is 5.30. The van der Waals surface area contributed by atoms with Gasteiger partial charge in [-0.2, -0.15) is 0 Å². The number of likely N-dealkylation sites (N-methyl/N-ethyl adjacent to an activating group) is 1. The summed E-state index contributed by atoms with van der Waals surface area (Å²) in [4.78, 5) is 34.7. The Morgan fingerprint density at radius 3 is 2.69 bits per heavy atom. The molecule has 0 spiro atoms. The smallest absolute Gasteiger partial charge is 0.246 e. The highest BCUT2D eigenvalue weighted by atomic mass is 16.2. The first-order valence-electron chi connectivity index (χ1n) is 5.30. The average molecular weight is 227 g/mol. The molecular formula is C10H17N3O3. The van der Waals surface area contributed by atoms with Crippen LogP contribution in [-0.2, 0) is 14.4 Å². The lowest BCUT2D eigenvalue weighted by atomic mass is 10.2. The highest BCUT2D eigenvalue weighted by molar-refractivity contribution is 6.05. The topological polar surface area (TPSA) is 78.5 Å². The van der Waals surface area contributed by atoms with E-state index in [0.717, 1.165) is 4.90 Å². The predicted octanol–water partition coefficient (Wildman–Crippen LogP) is -1.14. The van der Waals surface area contributed by atoms with Crippen molar-refractivity contribution in [3.05, 3.63) is 0 Å². The van der Waals surface area contributed by atoms with E-state index in [0.29, 0.717) is 19.4 Å². The number of hydrogen-bond donors (Lipinski definition) is 2. The lowest BCUT2D eigenvalue weighted by molar-refractivity contribution is -0.137. The van der Waals surface area contributed by atoms with Crippen LogP contribution in [0.3, 0.4) is 0 Å². The molecule has 0 saturated carbocycles. The SMILES string of the molecule is CNC(=O)CCCNC1CC(=O)N(C)C1=O. The van der Waals surface area contributed by atoms with Crippen LogP contribution in [0, 0.1) is 0 Å². The maximum atomic E-state index is 11.5. The molecule has 1 fully saturated rings.